The molecule has 1 N–H and O–H groups in total. The zero-order valence-electron chi connectivity index (χ0n) is 16.1. The molecule has 0 aliphatic carbocycles. The van der Waals surface area contributed by atoms with Crippen LogP contribution in [0.4, 0.5) is 8.78 Å². The predicted molar refractivity (Wildman–Crippen MR) is 104 cm³/mol. The highest BCUT2D eigenvalue weighted by molar-refractivity contribution is 5.77. The van der Waals surface area contributed by atoms with E-state index in [0.717, 1.165) is 55.3 Å². The number of hydrogen-bond donors (Lipinski definition) is 1. The highest BCUT2D eigenvalue weighted by atomic mass is 19.2. The van der Waals surface area contributed by atoms with Crippen LogP contribution in [0.5, 0.6) is 5.75 Å². The smallest absolute Gasteiger partial charge is 0.258 e. The quantitative estimate of drug-likeness (QED) is 0.787. The number of hydrogen-bond acceptors (Lipinski definition) is 3. The van der Waals surface area contributed by atoms with Gasteiger partial charge < -0.3 is 10.1 Å². The number of aryl methyl sites for hydroxylation is 1. The van der Waals surface area contributed by atoms with E-state index in [1.54, 1.807) is 6.07 Å². The highest BCUT2D eigenvalue weighted by Gasteiger charge is 2.21. The maximum absolute atomic E-state index is 13.3. The topological polar surface area (TPSA) is 41.6 Å². The van der Waals surface area contributed by atoms with Crippen LogP contribution in [0.25, 0.3) is 0 Å². The van der Waals surface area contributed by atoms with Crippen molar-refractivity contribution in [2.75, 3.05) is 19.7 Å². The lowest BCUT2D eigenvalue weighted by Crippen LogP contribution is -2.45. The monoisotopic (exact) mass is 388 g/mol. The molecular formula is C22H26F2N2O2. The third kappa shape index (κ3) is 5.52. The van der Waals surface area contributed by atoms with Crippen molar-refractivity contribution in [1.29, 1.82) is 0 Å². The van der Waals surface area contributed by atoms with Gasteiger partial charge in [0.2, 0.25) is 0 Å². The van der Waals surface area contributed by atoms with E-state index in [0.29, 0.717) is 6.54 Å². The Kier molecular flexibility index (Phi) is 6.98. The number of halogens is 2. The van der Waals surface area contributed by atoms with Gasteiger partial charge in [-0.15, -0.1) is 0 Å². The number of amides is 1. The maximum Gasteiger partial charge on any atom is 0.258 e. The van der Waals surface area contributed by atoms with E-state index in [2.05, 4.69) is 17.1 Å². The number of likely N-dealkylation sites (tertiary alicyclic amines) is 1. The van der Waals surface area contributed by atoms with Crippen molar-refractivity contribution in [3.05, 3.63) is 65.2 Å². The van der Waals surface area contributed by atoms with Gasteiger partial charge in [0.05, 0.1) is 0 Å². The molecule has 0 saturated carbocycles. The van der Waals surface area contributed by atoms with Crippen molar-refractivity contribution in [3.63, 3.8) is 0 Å². The summed E-state index contributed by atoms with van der Waals surface area (Å²) in [5, 5.41) is 3.03. The summed E-state index contributed by atoms with van der Waals surface area (Å²) in [5.41, 5.74) is 1.84. The van der Waals surface area contributed by atoms with Gasteiger partial charge in [-0.2, -0.15) is 0 Å². The lowest BCUT2D eigenvalue weighted by Gasteiger charge is -2.32. The van der Waals surface area contributed by atoms with E-state index in [4.69, 9.17) is 4.74 Å². The molecule has 150 valence electrons. The van der Waals surface area contributed by atoms with Crippen LogP contribution in [0, 0.1) is 11.6 Å². The highest BCUT2D eigenvalue weighted by Crippen LogP contribution is 2.18. The van der Waals surface area contributed by atoms with Gasteiger partial charge in [-0.05, 0) is 48.6 Å². The number of carbonyl (C=O) groups is 1. The van der Waals surface area contributed by atoms with Crippen LogP contribution in [-0.4, -0.2) is 36.5 Å². The van der Waals surface area contributed by atoms with E-state index in [1.165, 1.54) is 6.07 Å². The Morgan fingerprint density at radius 3 is 2.61 bits per heavy atom. The largest absolute Gasteiger partial charge is 0.483 e. The Morgan fingerprint density at radius 2 is 1.89 bits per heavy atom. The van der Waals surface area contributed by atoms with Crippen molar-refractivity contribution in [2.24, 2.45) is 0 Å². The SMILES string of the molecule is CCc1ccccc1OCC(=O)NC1CCN(Cc2ccc(F)c(F)c2)CC1. The Balaban J connectivity index is 1.41. The van der Waals surface area contributed by atoms with Gasteiger partial charge in [0.15, 0.2) is 18.2 Å². The standard InChI is InChI=1S/C22H26F2N2O2/c1-2-17-5-3-4-6-21(17)28-15-22(27)25-18-9-11-26(12-10-18)14-16-7-8-19(23)20(24)13-16/h3-8,13,18H,2,9-12,14-15H2,1H3,(H,25,27). The number of nitrogens with zero attached hydrogens (tertiary/aromatic N) is 1. The molecule has 0 radical (unpaired) electrons. The molecule has 2 aromatic rings. The molecule has 3 rings (SSSR count). The molecule has 1 aliphatic heterocycles. The fourth-order valence-electron chi connectivity index (χ4n) is 3.48. The summed E-state index contributed by atoms with van der Waals surface area (Å²) in [6.07, 6.45) is 2.50. The second kappa shape index (κ2) is 9.64. The van der Waals surface area contributed by atoms with E-state index in [9.17, 15) is 13.6 Å². The summed E-state index contributed by atoms with van der Waals surface area (Å²) in [6.45, 7) is 4.23. The van der Waals surface area contributed by atoms with Crippen LogP contribution >= 0.6 is 0 Å². The molecule has 2 aromatic carbocycles. The van der Waals surface area contributed by atoms with Crippen LogP contribution in [0.15, 0.2) is 42.5 Å². The van der Waals surface area contributed by atoms with Gasteiger partial charge in [-0.3, -0.25) is 9.69 Å². The second-order valence-electron chi connectivity index (χ2n) is 7.12. The van der Waals surface area contributed by atoms with Gasteiger partial charge >= 0.3 is 0 Å². The molecule has 1 amide bonds. The Hall–Kier alpha value is -2.47. The first kappa shape index (κ1) is 20.3. The Bertz CT molecular complexity index is 805. The van der Waals surface area contributed by atoms with Crippen molar-refractivity contribution in [2.45, 2.75) is 38.8 Å². The lowest BCUT2D eigenvalue weighted by molar-refractivity contribution is -0.124. The summed E-state index contributed by atoms with van der Waals surface area (Å²) in [5.74, 6) is -1.01. The van der Waals surface area contributed by atoms with E-state index in [1.807, 2.05) is 24.3 Å². The summed E-state index contributed by atoms with van der Waals surface area (Å²) in [4.78, 5) is 14.4. The van der Waals surface area contributed by atoms with Gasteiger partial charge in [-0.25, -0.2) is 8.78 Å². The van der Waals surface area contributed by atoms with Crippen molar-refractivity contribution in [1.82, 2.24) is 10.2 Å². The van der Waals surface area contributed by atoms with E-state index >= 15 is 0 Å². The number of rotatable bonds is 7. The molecule has 6 heteroatoms. The number of benzene rings is 2. The first-order chi connectivity index (χ1) is 13.5. The molecule has 0 atom stereocenters. The molecule has 0 spiro atoms. The molecule has 0 aromatic heterocycles. The van der Waals surface area contributed by atoms with E-state index in [-0.39, 0.29) is 18.6 Å². The summed E-state index contributed by atoms with van der Waals surface area (Å²) in [7, 11) is 0. The van der Waals surface area contributed by atoms with Crippen molar-refractivity contribution < 1.29 is 18.3 Å². The second-order valence-corrected chi connectivity index (χ2v) is 7.12. The molecule has 0 unspecified atom stereocenters. The minimum absolute atomic E-state index is 0.00604. The summed E-state index contributed by atoms with van der Waals surface area (Å²) in [6, 6.07) is 11.9. The van der Waals surface area contributed by atoms with Gasteiger partial charge in [0, 0.05) is 25.7 Å². The van der Waals surface area contributed by atoms with Crippen molar-refractivity contribution >= 4 is 5.91 Å². The zero-order valence-corrected chi connectivity index (χ0v) is 16.1. The maximum atomic E-state index is 13.3. The average Bonchev–Trinajstić information content (AvgIpc) is 2.71. The summed E-state index contributed by atoms with van der Waals surface area (Å²) >= 11 is 0. The van der Waals surface area contributed by atoms with Gasteiger partial charge in [0.1, 0.15) is 5.75 Å². The molecule has 0 bridgehead atoms. The average molecular weight is 388 g/mol. The molecule has 1 aliphatic rings. The minimum atomic E-state index is -0.825. The van der Waals surface area contributed by atoms with Crippen LogP contribution in [0.3, 0.4) is 0 Å². The third-order valence-electron chi connectivity index (χ3n) is 5.06. The molecular weight excluding hydrogens is 362 g/mol. The number of carbonyl (C=O) groups excluding carboxylic acids is 1. The molecule has 1 saturated heterocycles. The van der Waals surface area contributed by atoms with Crippen LogP contribution in [0.2, 0.25) is 0 Å². The van der Waals surface area contributed by atoms with Crippen LogP contribution in [0.1, 0.15) is 30.9 Å². The van der Waals surface area contributed by atoms with Crippen molar-refractivity contribution in [3.8, 4) is 5.75 Å². The molecule has 1 heterocycles. The van der Waals surface area contributed by atoms with Gasteiger partial charge in [0.25, 0.3) is 5.91 Å². The molecule has 4 nitrogen and oxygen atoms in total. The van der Waals surface area contributed by atoms with Crippen LogP contribution < -0.4 is 10.1 Å². The number of piperidine rings is 1. The summed E-state index contributed by atoms with van der Waals surface area (Å²) < 4.78 is 32.0. The fraction of sp³-hybridized carbons (Fsp3) is 0.409. The lowest BCUT2D eigenvalue weighted by atomic mass is 10.0. The third-order valence-corrected chi connectivity index (χ3v) is 5.06. The van der Waals surface area contributed by atoms with Crippen LogP contribution in [-0.2, 0) is 17.8 Å². The first-order valence-corrected chi connectivity index (χ1v) is 9.71. The van der Waals surface area contributed by atoms with E-state index < -0.39 is 11.6 Å². The Labute approximate surface area is 164 Å². The predicted octanol–water partition coefficient (Wildman–Crippen LogP) is 3.69. The normalized spacial score (nSPS) is 15.4. The zero-order chi connectivity index (χ0) is 19.9. The van der Waals surface area contributed by atoms with Gasteiger partial charge in [-0.1, -0.05) is 31.2 Å². The minimum Gasteiger partial charge on any atom is -0.483 e. The molecule has 1 fully saturated rings. The Morgan fingerprint density at radius 1 is 1.14 bits per heavy atom. The number of nitrogens with one attached hydrogen (secondary N) is 1. The first-order valence-electron chi connectivity index (χ1n) is 9.71. The number of ether oxygens (including phenoxy) is 1. The molecule has 28 heavy (non-hydrogen) atoms. The number of para-hydroxylation sites is 1. The fourth-order valence-corrected chi connectivity index (χ4v) is 3.48.